The van der Waals surface area contributed by atoms with Crippen molar-refractivity contribution in [2.45, 2.75) is 13.3 Å². The van der Waals surface area contributed by atoms with Crippen molar-refractivity contribution in [3.05, 3.63) is 45.5 Å². The van der Waals surface area contributed by atoms with Crippen LogP contribution < -0.4 is 4.74 Å². The van der Waals surface area contributed by atoms with E-state index in [9.17, 15) is 0 Å². The summed E-state index contributed by atoms with van der Waals surface area (Å²) in [6, 6.07) is 7.47. The normalized spacial score (nSPS) is 10.9. The number of ether oxygens (including phenoxy) is 1. The zero-order valence-electron chi connectivity index (χ0n) is 10.6. The Morgan fingerprint density at radius 3 is 2.85 bits per heavy atom. The molecule has 0 N–H and O–H groups in total. The molecular formula is C14H10Cl2N2OS. The fraction of sp³-hybridized carbons (Fsp3) is 0.143. The van der Waals surface area contributed by atoms with Crippen LogP contribution in [0.4, 0.5) is 0 Å². The Labute approximate surface area is 130 Å². The van der Waals surface area contributed by atoms with Crippen molar-refractivity contribution >= 4 is 44.8 Å². The Kier molecular flexibility index (Phi) is 3.78. The maximum atomic E-state index is 6.10. The molecule has 2 heterocycles. The molecule has 2 aromatic heterocycles. The molecule has 3 nitrogen and oxygen atoms in total. The third-order valence-electron chi connectivity index (χ3n) is 2.88. The van der Waals surface area contributed by atoms with Crippen LogP contribution in [0.1, 0.15) is 12.5 Å². The molecule has 0 aliphatic heterocycles. The molecule has 1 aromatic carbocycles. The minimum Gasteiger partial charge on any atom is -0.438 e. The van der Waals surface area contributed by atoms with E-state index in [-0.39, 0.29) is 5.28 Å². The summed E-state index contributed by atoms with van der Waals surface area (Å²) in [5, 5.41) is 3.70. The lowest BCUT2D eigenvalue weighted by atomic mass is 10.1. The van der Waals surface area contributed by atoms with E-state index in [0.29, 0.717) is 11.6 Å². The first-order chi connectivity index (χ1) is 9.67. The van der Waals surface area contributed by atoms with E-state index in [0.717, 1.165) is 27.2 Å². The lowest BCUT2D eigenvalue weighted by Gasteiger charge is -2.08. The van der Waals surface area contributed by atoms with Gasteiger partial charge < -0.3 is 4.74 Å². The second-order valence-corrected chi connectivity index (χ2v) is 5.79. The maximum absolute atomic E-state index is 6.10. The Morgan fingerprint density at radius 1 is 1.20 bits per heavy atom. The zero-order valence-corrected chi connectivity index (χ0v) is 12.9. The first-order valence-corrected chi connectivity index (χ1v) is 7.68. The fourth-order valence-corrected chi connectivity index (χ4v) is 3.10. The molecule has 6 heteroatoms. The van der Waals surface area contributed by atoms with Crippen molar-refractivity contribution in [3.8, 4) is 11.6 Å². The number of rotatable bonds is 3. The summed E-state index contributed by atoms with van der Waals surface area (Å²) in [6.45, 7) is 2.05. The summed E-state index contributed by atoms with van der Waals surface area (Å²) in [6.07, 6.45) is 0.842. The van der Waals surface area contributed by atoms with Crippen molar-refractivity contribution < 1.29 is 4.74 Å². The zero-order chi connectivity index (χ0) is 14.1. The molecule has 0 fully saturated rings. The standard InChI is InChI=1S/C14H10Cl2N2OS/c1-2-8-7-9(3-4-11(8)15)19-12-10-5-6-20-13(10)18-14(16)17-12/h3-7H,2H2,1H3. The third-order valence-corrected chi connectivity index (χ3v) is 4.22. The van der Waals surface area contributed by atoms with Crippen LogP contribution in [0.3, 0.4) is 0 Å². The summed E-state index contributed by atoms with van der Waals surface area (Å²) in [7, 11) is 0. The summed E-state index contributed by atoms with van der Waals surface area (Å²) in [5.41, 5.74) is 1.03. The predicted octanol–water partition coefficient (Wildman–Crippen LogP) is 5.35. The highest BCUT2D eigenvalue weighted by atomic mass is 35.5. The van der Waals surface area contributed by atoms with E-state index in [2.05, 4.69) is 9.97 Å². The Hall–Kier alpha value is -1.36. The molecule has 0 aliphatic rings. The molecule has 0 spiro atoms. The number of aromatic nitrogens is 2. The van der Waals surface area contributed by atoms with Crippen molar-refractivity contribution in [1.82, 2.24) is 9.97 Å². The van der Waals surface area contributed by atoms with Crippen LogP contribution in [0.15, 0.2) is 29.6 Å². The largest absolute Gasteiger partial charge is 0.438 e. The topological polar surface area (TPSA) is 35.0 Å². The van der Waals surface area contributed by atoms with E-state index in [1.807, 2.05) is 36.6 Å². The highest BCUT2D eigenvalue weighted by Crippen LogP contribution is 2.32. The van der Waals surface area contributed by atoms with Gasteiger partial charge in [0.2, 0.25) is 11.2 Å². The predicted molar refractivity (Wildman–Crippen MR) is 83.3 cm³/mol. The van der Waals surface area contributed by atoms with E-state index in [1.165, 1.54) is 11.3 Å². The number of hydrogen-bond donors (Lipinski definition) is 0. The first-order valence-electron chi connectivity index (χ1n) is 6.04. The van der Waals surface area contributed by atoms with Gasteiger partial charge in [0, 0.05) is 5.02 Å². The lowest BCUT2D eigenvalue weighted by molar-refractivity contribution is 0.468. The van der Waals surface area contributed by atoms with Crippen LogP contribution in [-0.4, -0.2) is 9.97 Å². The Balaban J connectivity index is 2.02. The van der Waals surface area contributed by atoms with E-state index < -0.39 is 0 Å². The van der Waals surface area contributed by atoms with Gasteiger partial charge in [-0.1, -0.05) is 18.5 Å². The molecule has 0 unspecified atom stereocenters. The SMILES string of the molecule is CCc1cc(Oc2nc(Cl)nc3sccc23)ccc1Cl. The number of nitrogens with zero attached hydrogens (tertiary/aromatic N) is 2. The molecule has 0 saturated carbocycles. The molecule has 3 aromatic rings. The van der Waals surface area contributed by atoms with Gasteiger partial charge in [-0.3, -0.25) is 0 Å². The number of hydrogen-bond acceptors (Lipinski definition) is 4. The fourth-order valence-electron chi connectivity index (χ4n) is 1.88. The van der Waals surface area contributed by atoms with E-state index in [1.54, 1.807) is 0 Å². The molecule has 0 radical (unpaired) electrons. The highest BCUT2D eigenvalue weighted by molar-refractivity contribution is 7.16. The van der Waals surface area contributed by atoms with Gasteiger partial charge in [0.05, 0.1) is 5.39 Å². The summed E-state index contributed by atoms with van der Waals surface area (Å²) in [5.74, 6) is 1.15. The molecule has 20 heavy (non-hydrogen) atoms. The van der Waals surface area contributed by atoms with Crippen molar-refractivity contribution in [2.75, 3.05) is 0 Å². The van der Waals surface area contributed by atoms with Crippen molar-refractivity contribution in [1.29, 1.82) is 0 Å². The van der Waals surface area contributed by atoms with Crippen molar-refractivity contribution in [2.24, 2.45) is 0 Å². The second-order valence-electron chi connectivity index (χ2n) is 4.15. The molecule has 102 valence electrons. The van der Waals surface area contributed by atoms with Gasteiger partial charge in [0.15, 0.2) is 0 Å². The second kappa shape index (κ2) is 5.56. The van der Waals surface area contributed by atoms with Gasteiger partial charge in [0.25, 0.3) is 0 Å². The van der Waals surface area contributed by atoms with Gasteiger partial charge in [-0.05, 0) is 53.2 Å². The Bertz CT molecular complexity index is 773. The van der Waals surface area contributed by atoms with Gasteiger partial charge in [0.1, 0.15) is 10.6 Å². The molecule has 0 aliphatic carbocycles. The van der Waals surface area contributed by atoms with Crippen LogP contribution in [0.25, 0.3) is 10.2 Å². The summed E-state index contributed by atoms with van der Waals surface area (Å²) < 4.78 is 5.84. The number of thiophene rings is 1. The third kappa shape index (κ3) is 2.59. The lowest BCUT2D eigenvalue weighted by Crippen LogP contribution is -1.92. The van der Waals surface area contributed by atoms with Crippen LogP contribution >= 0.6 is 34.5 Å². The quantitative estimate of drug-likeness (QED) is 0.609. The molecular weight excluding hydrogens is 315 g/mol. The van der Waals surface area contributed by atoms with Crippen LogP contribution in [0, 0.1) is 0 Å². The van der Waals surface area contributed by atoms with Gasteiger partial charge in [-0.25, -0.2) is 4.98 Å². The first kappa shape index (κ1) is 13.6. The highest BCUT2D eigenvalue weighted by Gasteiger charge is 2.11. The van der Waals surface area contributed by atoms with E-state index in [4.69, 9.17) is 27.9 Å². The van der Waals surface area contributed by atoms with E-state index >= 15 is 0 Å². The molecule has 0 amide bonds. The maximum Gasteiger partial charge on any atom is 0.232 e. The minimum atomic E-state index is 0.180. The molecule has 0 bridgehead atoms. The van der Waals surface area contributed by atoms with Crippen LogP contribution in [0.2, 0.25) is 10.3 Å². The van der Waals surface area contributed by atoms with Gasteiger partial charge in [-0.15, -0.1) is 11.3 Å². The van der Waals surface area contributed by atoms with Crippen LogP contribution in [0.5, 0.6) is 11.6 Å². The van der Waals surface area contributed by atoms with Gasteiger partial charge in [-0.2, -0.15) is 4.98 Å². The minimum absolute atomic E-state index is 0.180. The number of aryl methyl sites for hydroxylation is 1. The summed E-state index contributed by atoms with van der Waals surface area (Å²) >= 11 is 13.5. The number of benzene rings is 1. The molecule has 0 atom stereocenters. The number of halogens is 2. The van der Waals surface area contributed by atoms with Gasteiger partial charge >= 0.3 is 0 Å². The average Bonchev–Trinajstić information content (AvgIpc) is 2.89. The number of fused-ring (bicyclic) bond motifs is 1. The van der Waals surface area contributed by atoms with Crippen molar-refractivity contribution in [3.63, 3.8) is 0 Å². The summed E-state index contributed by atoms with van der Waals surface area (Å²) in [4.78, 5) is 9.12. The molecule has 0 saturated heterocycles. The smallest absolute Gasteiger partial charge is 0.232 e. The monoisotopic (exact) mass is 324 g/mol. The average molecular weight is 325 g/mol. The molecule has 3 rings (SSSR count). The van der Waals surface area contributed by atoms with Crippen LogP contribution in [-0.2, 0) is 6.42 Å². The Morgan fingerprint density at radius 2 is 2.05 bits per heavy atom.